The number of carbonyl (C=O) groups is 1. The second kappa shape index (κ2) is 5.72. The van der Waals surface area contributed by atoms with Crippen LogP contribution >= 0.6 is 57.2 Å². The number of rotatable bonds is 0. The Morgan fingerprint density at radius 2 is 1.08 bits per heavy atom. The first-order chi connectivity index (χ1) is 4.18. The molecule has 0 atom stereocenters. The van der Waals surface area contributed by atoms with Crippen LogP contribution in [0.4, 0.5) is 0 Å². The van der Waals surface area contributed by atoms with Crippen molar-refractivity contribution in [3.05, 3.63) is 0 Å². The average Bonchev–Trinajstić information content (AvgIpc) is 1.11. The number of halogens is 6. The topological polar surface area (TPSA) is 37.3 Å². The second-order valence-electron chi connectivity index (χ2n) is 1.20. The molecule has 10 heteroatoms. The zero-order chi connectivity index (χ0) is 9.99. The van der Waals surface area contributed by atoms with Gasteiger partial charge in [0.05, 0.1) is 0 Å². The maximum absolute atomic E-state index is 9.00. The summed E-state index contributed by atoms with van der Waals surface area (Å²) in [5.74, 6) is -0.833. The molecule has 12 heavy (non-hydrogen) atoms. The molecule has 0 aliphatic carbocycles. The van der Waals surface area contributed by atoms with Gasteiger partial charge in [0.25, 0.3) is 5.97 Å². The molecule has 0 aliphatic heterocycles. The summed E-state index contributed by atoms with van der Waals surface area (Å²) in [4.78, 5) is 9.00. The number of aliphatic carboxylic acids is 1. The molecule has 2 nitrogen and oxygen atoms in total. The van der Waals surface area contributed by atoms with Gasteiger partial charge in [0.15, 0.2) is 0 Å². The molecule has 0 aromatic heterocycles. The van der Waals surface area contributed by atoms with Crippen molar-refractivity contribution in [3.8, 4) is 0 Å². The van der Waals surface area contributed by atoms with E-state index in [-0.39, 0.29) is 51.4 Å². The summed E-state index contributed by atoms with van der Waals surface area (Å²) in [6, 6.07) is 0. The number of hydrogen-bond donors (Lipinski definition) is 1. The van der Waals surface area contributed by atoms with E-state index in [1.54, 1.807) is 0 Å². The molecule has 0 bridgehead atoms. The van der Waals surface area contributed by atoms with E-state index in [0.29, 0.717) is 0 Å². The van der Waals surface area contributed by atoms with Gasteiger partial charge in [-0.15, -0.1) is 0 Å². The predicted octanol–water partition coefficient (Wildman–Crippen LogP) is 3.58. The van der Waals surface area contributed by atoms with Gasteiger partial charge in [0.2, 0.25) is 0 Å². The van der Waals surface area contributed by atoms with Crippen LogP contribution in [0.1, 0.15) is 6.92 Å². The van der Waals surface area contributed by atoms with Crippen LogP contribution in [0.25, 0.3) is 0 Å². The average molecular weight is 419 g/mol. The predicted molar refractivity (Wildman–Crippen MR) is 55.6 cm³/mol. The first-order valence-corrected chi connectivity index (χ1v) is 13.7. The van der Waals surface area contributed by atoms with Crippen molar-refractivity contribution < 1.29 is 16.9 Å². The number of hydrogen-bond acceptors (Lipinski definition) is 1. The third-order valence-electron chi connectivity index (χ3n) is 0. The normalized spacial score (nSPS) is 15.6. The van der Waals surface area contributed by atoms with Crippen molar-refractivity contribution in [2.24, 2.45) is 0 Å². The van der Waals surface area contributed by atoms with Crippen molar-refractivity contribution in [1.82, 2.24) is 0 Å². The van der Waals surface area contributed by atoms with Crippen molar-refractivity contribution in [3.63, 3.8) is 0 Å². The van der Waals surface area contributed by atoms with Gasteiger partial charge in [-0.05, 0) is 0 Å². The van der Waals surface area contributed by atoms with E-state index in [2.05, 4.69) is 0 Å². The van der Waals surface area contributed by atoms with Crippen molar-refractivity contribution in [2.45, 2.75) is 6.92 Å². The summed E-state index contributed by atoms with van der Waals surface area (Å²) >= 11 is 0. The summed E-state index contributed by atoms with van der Waals surface area (Å²) < 4.78 is 0. The Labute approximate surface area is 135 Å². The molecule has 0 unspecified atom stereocenters. The number of carboxylic acid groups (broad SMARTS) is 1. The molecule has 0 spiro atoms. The molecule has 0 heterocycles. The molecule has 0 amide bonds. The summed E-state index contributed by atoms with van der Waals surface area (Å²) in [7, 11) is 30.2. The fraction of sp³-hybridized carbons (Fsp3) is 0.500. The Morgan fingerprint density at radius 1 is 1.08 bits per heavy atom. The van der Waals surface area contributed by atoms with E-state index in [1.807, 2.05) is 0 Å². The van der Waals surface area contributed by atoms with Gasteiger partial charge >= 0.3 is 116 Å². The Kier molecular flexibility index (Phi) is 9.95. The molecule has 78 valence electrons. The minimum atomic E-state index is -5.08. The van der Waals surface area contributed by atoms with Crippen LogP contribution < -0.4 is 0 Å². The molecular weight excluding hydrogens is 414 g/mol. The van der Waals surface area contributed by atoms with Gasteiger partial charge in [-0.1, -0.05) is 0 Å². The van der Waals surface area contributed by atoms with Crippen molar-refractivity contribution in [1.29, 1.82) is 0 Å². The molecule has 0 radical (unpaired) electrons. The summed E-state index contributed by atoms with van der Waals surface area (Å²) in [5, 5.41) is 7.42. The van der Waals surface area contributed by atoms with E-state index < -0.39 is 12.9 Å². The molecule has 0 aromatic rings. The zero-order valence-corrected chi connectivity index (χ0v) is 11.0. The third-order valence-corrected chi connectivity index (χ3v) is 0. The van der Waals surface area contributed by atoms with Crippen LogP contribution in [-0.4, -0.2) is 62.5 Å². The maximum atomic E-state index is 9.00. The number of carboxylic acids is 1. The standard InChI is InChI=1S/C2H4O2.6ClH.K.Pd.H/c1-2(3)4;;;;;;;;;/h1H3,(H,3,4);6*1H;;;/q;;;;;;;;+6;/p-6. The molecule has 0 saturated heterocycles. The third kappa shape index (κ3) is 172. The minimum absolute atomic E-state index is 0. The zero-order valence-electron chi connectivity index (χ0n) is 4.94. The van der Waals surface area contributed by atoms with Gasteiger partial charge in [-0.2, -0.15) is 0 Å². The van der Waals surface area contributed by atoms with Crippen LogP contribution in [0, 0.1) is 0 Å². The SMILES string of the molecule is CC(=O)O.[Cl][Pd]([Cl])([Cl])([Cl])([Cl])[Cl].[KH]. The molecular formula is C2H5Cl6KO2Pd. The van der Waals surface area contributed by atoms with Gasteiger partial charge in [0, 0.05) is 6.92 Å². The fourth-order valence-electron chi connectivity index (χ4n) is 0. The van der Waals surface area contributed by atoms with Crippen LogP contribution in [0.3, 0.4) is 0 Å². The Balaban J connectivity index is -0.000000142. The fourth-order valence-corrected chi connectivity index (χ4v) is 0. The first kappa shape index (κ1) is 20.9. The van der Waals surface area contributed by atoms with Crippen LogP contribution in [-0.2, 0) is 11.8 Å². The molecule has 0 aromatic carbocycles. The van der Waals surface area contributed by atoms with Gasteiger partial charge < -0.3 is 5.11 Å². The molecule has 0 saturated carbocycles. The summed E-state index contributed by atoms with van der Waals surface area (Å²) in [6.45, 7) is -4.00. The van der Waals surface area contributed by atoms with E-state index >= 15 is 0 Å². The van der Waals surface area contributed by atoms with Crippen molar-refractivity contribution in [2.75, 3.05) is 0 Å². The van der Waals surface area contributed by atoms with Gasteiger partial charge in [-0.25, -0.2) is 0 Å². The summed E-state index contributed by atoms with van der Waals surface area (Å²) in [6.07, 6.45) is 0. The second-order valence-corrected chi connectivity index (χ2v) is 36.6. The monoisotopic (exact) mass is 416 g/mol. The summed E-state index contributed by atoms with van der Waals surface area (Å²) in [5.41, 5.74) is 0. The van der Waals surface area contributed by atoms with E-state index in [4.69, 9.17) is 67.1 Å². The Morgan fingerprint density at radius 3 is 1.08 bits per heavy atom. The van der Waals surface area contributed by atoms with E-state index in [1.165, 1.54) is 0 Å². The molecule has 0 rings (SSSR count). The Bertz CT molecular complexity index is 141. The Hall–Kier alpha value is 3.51. The molecule has 0 aliphatic rings. The molecule has 0 fully saturated rings. The van der Waals surface area contributed by atoms with Gasteiger partial charge in [0.1, 0.15) is 0 Å². The quantitative estimate of drug-likeness (QED) is 0.610. The van der Waals surface area contributed by atoms with Crippen molar-refractivity contribution >= 4 is 115 Å². The van der Waals surface area contributed by atoms with Gasteiger partial charge in [-0.3, -0.25) is 4.79 Å². The first-order valence-electron chi connectivity index (χ1n) is 1.64. The van der Waals surface area contributed by atoms with E-state index in [9.17, 15) is 0 Å². The van der Waals surface area contributed by atoms with Crippen LogP contribution in [0.15, 0.2) is 0 Å². The molecule has 1 N–H and O–H groups in total. The van der Waals surface area contributed by atoms with Crippen LogP contribution in [0.5, 0.6) is 0 Å². The van der Waals surface area contributed by atoms with E-state index in [0.717, 1.165) is 6.92 Å². The van der Waals surface area contributed by atoms with Crippen LogP contribution in [0.2, 0.25) is 0 Å².